The zero-order chi connectivity index (χ0) is 18.8. The van der Waals surface area contributed by atoms with Crippen molar-refractivity contribution in [1.29, 1.82) is 5.41 Å². The van der Waals surface area contributed by atoms with Crippen molar-refractivity contribution in [2.75, 3.05) is 13.1 Å². The average molecular weight is 368 g/mol. The Morgan fingerprint density at radius 1 is 0.875 bits per heavy atom. The van der Waals surface area contributed by atoms with Gasteiger partial charge in [-0.3, -0.25) is 10.7 Å². The number of carbonyl (C=O) groups is 1. The molecule has 0 aliphatic carbocycles. The van der Waals surface area contributed by atoms with Crippen molar-refractivity contribution in [2.24, 2.45) is 0 Å². The van der Waals surface area contributed by atoms with E-state index in [9.17, 15) is 4.79 Å². The first-order chi connectivity index (χ1) is 11.2. The number of rotatable bonds is 10. The second-order valence-electron chi connectivity index (χ2n) is 5.32. The highest BCUT2D eigenvalue weighted by Gasteiger charge is 2.02. The third-order valence-corrected chi connectivity index (χ3v) is 2.89. The van der Waals surface area contributed by atoms with Gasteiger partial charge in [0.05, 0.1) is 0 Å². The lowest BCUT2D eigenvalue weighted by Crippen LogP contribution is -2.45. The van der Waals surface area contributed by atoms with Crippen LogP contribution in [0.1, 0.15) is 65.2 Å². The normalized spacial score (nSPS) is 10.4. The zero-order valence-electron chi connectivity index (χ0n) is 14.7. The number of nitrogens with one attached hydrogen (secondary N) is 4. The largest absolute Gasteiger partial charge is 0.466 e. The summed E-state index contributed by atoms with van der Waals surface area (Å²) in [5.41, 5.74) is 0. The van der Waals surface area contributed by atoms with Gasteiger partial charge >= 0.3 is 13.9 Å². The summed E-state index contributed by atoms with van der Waals surface area (Å²) in [5.74, 6) is 0.0857. The molecule has 0 fully saturated rings. The number of amides is 2. The van der Waals surface area contributed by atoms with E-state index in [1.807, 2.05) is 0 Å². The first-order valence-corrected chi connectivity index (χ1v) is 9.92. The van der Waals surface area contributed by atoms with E-state index in [0.29, 0.717) is 6.54 Å². The summed E-state index contributed by atoms with van der Waals surface area (Å²) in [6.45, 7) is 5.75. The van der Waals surface area contributed by atoms with Gasteiger partial charge in [0.1, 0.15) is 0 Å². The number of phosphoric acid groups is 1. The van der Waals surface area contributed by atoms with Crippen molar-refractivity contribution < 1.29 is 24.0 Å². The summed E-state index contributed by atoms with van der Waals surface area (Å²) < 4.78 is 8.88. The molecule has 0 aromatic rings. The van der Waals surface area contributed by atoms with Crippen LogP contribution in [0.4, 0.5) is 4.79 Å². The maximum atomic E-state index is 11.4. The molecule has 0 aliphatic heterocycles. The summed E-state index contributed by atoms with van der Waals surface area (Å²) in [6.07, 6.45) is 9.17. The number of urea groups is 1. The molecule has 0 radical (unpaired) electrons. The summed E-state index contributed by atoms with van der Waals surface area (Å²) in [6, 6.07) is -0.289. The number of carbonyl (C=O) groups excluding carboxylic acids is 1. The van der Waals surface area contributed by atoms with Gasteiger partial charge in [0.15, 0.2) is 5.96 Å². The fourth-order valence-corrected chi connectivity index (χ4v) is 1.72. The molecule has 0 aromatic heterocycles. The molecular formula is C14H33N4O5P. The Labute approximate surface area is 144 Å². The maximum absolute atomic E-state index is 11.4. The highest BCUT2D eigenvalue weighted by Crippen LogP contribution is 2.25. The first-order valence-electron chi connectivity index (χ1n) is 8.36. The summed E-state index contributed by atoms with van der Waals surface area (Å²) in [7, 11) is -4.64. The minimum atomic E-state index is -4.64. The summed E-state index contributed by atoms with van der Waals surface area (Å²) in [4.78, 5) is 33.0. The molecule has 0 aromatic carbocycles. The van der Waals surface area contributed by atoms with Gasteiger partial charge in [-0.25, -0.2) is 9.36 Å². The van der Waals surface area contributed by atoms with Crippen molar-refractivity contribution in [1.82, 2.24) is 16.0 Å². The number of unbranched alkanes of at least 4 members (excludes halogenated alkanes) is 6. The highest BCUT2D eigenvalue weighted by atomic mass is 31.2. The van der Waals surface area contributed by atoms with Gasteiger partial charge in [-0.05, 0) is 12.8 Å². The molecule has 0 aliphatic rings. The van der Waals surface area contributed by atoms with Crippen LogP contribution in [0.2, 0.25) is 0 Å². The molecule has 0 unspecified atom stereocenters. The molecule has 24 heavy (non-hydrogen) atoms. The van der Waals surface area contributed by atoms with Crippen LogP contribution >= 0.6 is 7.82 Å². The fraction of sp³-hybridized carbons (Fsp3) is 0.857. The van der Waals surface area contributed by atoms with Gasteiger partial charge in [0, 0.05) is 13.1 Å². The van der Waals surface area contributed by atoms with Crippen molar-refractivity contribution in [3.8, 4) is 0 Å². The quantitative estimate of drug-likeness (QED) is 0.135. The monoisotopic (exact) mass is 368 g/mol. The van der Waals surface area contributed by atoms with Gasteiger partial charge in [-0.1, -0.05) is 52.4 Å². The summed E-state index contributed by atoms with van der Waals surface area (Å²) >= 11 is 0. The Bertz CT molecular complexity index is 344. The molecule has 0 heterocycles. The predicted octanol–water partition coefficient (Wildman–Crippen LogP) is 2.04. The number of hydrogen-bond donors (Lipinski definition) is 7. The molecule has 0 saturated carbocycles. The first kappa shape index (κ1) is 25.1. The SMILES string of the molecule is CCCCCCNC(=N)NC(=O)NCCCCCC.O=P(O)(O)O. The summed E-state index contributed by atoms with van der Waals surface area (Å²) in [5, 5.41) is 15.7. The van der Waals surface area contributed by atoms with E-state index in [4.69, 9.17) is 24.7 Å². The topological polar surface area (TPSA) is 155 Å². The molecule has 7 N–H and O–H groups in total. The number of hydrogen-bond acceptors (Lipinski definition) is 3. The van der Waals surface area contributed by atoms with Gasteiger partial charge in [-0.2, -0.15) is 0 Å². The van der Waals surface area contributed by atoms with Crippen LogP contribution in [0.3, 0.4) is 0 Å². The molecule has 9 nitrogen and oxygen atoms in total. The Morgan fingerprint density at radius 3 is 1.71 bits per heavy atom. The van der Waals surface area contributed by atoms with Gasteiger partial charge in [0.25, 0.3) is 0 Å². The molecule has 2 amide bonds. The van der Waals surface area contributed by atoms with E-state index in [1.54, 1.807) is 0 Å². The Kier molecular flexibility index (Phi) is 17.5. The minimum absolute atomic E-state index is 0.0857. The second-order valence-corrected chi connectivity index (χ2v) is 6.34. The van der Waals surface area contributed by atoms with Crippen molar-refractivity contribution in [3.63, 3.8) is 0 Å². The van der Waals surface area contributed by atoms with E-state index in [1.165, 1.54) is 32.1 Å². The van der Waals surface area contributed by atoms with Gasteiger partial charge < -0.3 is 25.3 Å². The van der Waals surface area contributed by atoms with E-state index in [2.05, 4.69) is 29.8 Å². The standard InChI is InChI=1S/C14H30N4O.H3O4P/c1-3-5-7-9-11-16-13(15)18-14(19)17-12-10-8-6-4-2;1-5(2,3)4/h3-12H2,1-2H3,(H4,15,16,17,18,19);(H3,1,2,3,4). The third-order valence-electron chi connectivity index (χ3n) is 2.89. The van der Waals surface area contributed by atoms with E-state index < -0.39 is 7.82 Å². The highest BCUT2D eigenvalue weighted by molar-refractivity contribution is 7.45. The van der Waals surface area contributed by atoms with Crippen LogP contribution in [0, 0.1) is 5.41 Å². The van der Waals surface area contributed by atoms with Crippen LogP contribution in [-0.2, 0) is 4.57 Å². The van der Waals surface area contributed by atoms with Crippen molar-refractivity contribution in [3.05, 3.63) is 0 Å². The van der Waals surface area contributed by atoms with E-state index in [-0.39, 0.29) is 12.0 Å². The Morgan fingerprint density at radius 2 is 1.29 bits per heavy atom. The molecule has 0 saturated heterocycles. The van der Waals surface area contributed by atoms with Crippen molar-refractivity contribution in [2.45, 2.75) is 65.2 Å². The molecule has 0 spiro atoms. The van der Waals surface area contributed by atoms with Crippen LogP contribution in [0.15, 0.2) is 0 Å². The fourth-order valence-electron chi connectivity index (χ4n) is 1.72. The molecule has 0 rings (SSSR count). The predicted molar refractivity (Wildman–Crippen MR) is 94.8 cm³/mol. The van der Waals surface area contributed by atoms with Crippen LogP contribution in [0.5, 0.6) is 0 Å². The number of guanidine groups is 1. The zero-order valence-corrected chi connectivity index (χ0v) is 15.6. The molecule has 10 heteroatoms. The van der Waals surface area contributed by atoms with Crippen LogP contribution in [-0.4, -0.2) is 39.8 Å². The lowest BCUT2D eigenvalue weighted by molar-refractivity contribution is 0.244. The Balaban J connectivity index is 0. The van der Waals surface area contributed by atoms with E-state index in [0.717, 1.165) is 25.8 Å². The average Bonchev–Trinajstić information content (AvgIpc) is 2.45. The molecule has 0 bridgehead atoms. The smallest absolute Gasteiger partial charge is 0.356 e. The lowest BCUT2D eigenvalue weighted by Gasteiger charge is -2.10. The maximum Gasteiger partial charge on any atom is 0.466 e. The minimum Gasteiger partial charge on any atom is -0.356 e. The van der Waals surface area contributed by atoms with Gasteiger partial charge in [-0.15, -0.1) is 0 Å². The lowest BCUT2D eigenvalue weighted by atomic mass is 10.2. The second kappa shape index (κ2) is 16.7. The van der Waals surface area contributed by atoms with Crippen LogP contribution in [0.25, 0.3) is 0 Å². The molecule has 144 valence electrons. The van der Waals surface area contributed by atoms with E-state index >= 15 is 0 Å². The molecule has 0 atom stereocenters. The van der Waals surface area contributed by atoms with Crippen molar-refractivity contribution >= 4 is 19.8 Å². The third kappa shape index (κ3) is 28.9. The van der Waals surface area contributed by atoms with Gasteiger partial charge in [0.2, 0.25) is 0 Å². The Hall–Kier alpha value is -1.15. The molecular weight excluding hydrogens is 335 g/mol. The van der Waals surface area contributed by atoms with Crippen LogP contribution < -0.4 is 16.0 Å².